The second-order valence-corrected chi connectivity index (χ2v) is 6.39. The molecule has 0 saturated carbocycles. The lowest BCUT2D eigenvalue weighted by Crippen LogP contribution is -2.42. The summed E-state index contributed by atoms with van der Waals surface area (Å²) in [6, 6.07) is 4.23. The lowest BCUT2D eigenvalue weighted by molar-refractivity contribution is 0.0722. The van der Waals surface area contributed by atoms with Crippen molar-refractivity contribution in [3.63, 3.8) is 0 Å². The van der Waals surface area contributed by atoms with Crippen molar-refractivity contribution in [2.45, 2.75) is 32.7 Å². The molecule has 6 nitrogen and oxygen atoms in total. The van der Waals surface area contributed by atoms with Crippen molar-refractivity contribution in [1.29, 1.82) is 0 Å². The number of carbonyl (C=O) groups excluding carboxylic acids is 1. The number of nitrogens with zero attached hydrogens (tertiary/aromatic N) is 4. The Morgan fingerprint density at radius 2 is 2.05 bits per heavy atom. The predicted octanol–water partition coefficient (Wildman–Crippen LogP) is 2.27. The Labute approximate surface area is 133 Å². The molecule has 0 unspecified atom stereocenters. The van der Waals surface area contributed by atoms with E-state index in [1.807, 2.05) is 30.9 Å². The Kier molecular flexibility index (Phi) is 4.33. The minimum atomic E-state index is 0.105. The molecule has 1 fully saturated rings. The standard InChI is InChI=1S/C15H19N5OS/c1-10-3-4-13(19-18-10)17-12-5-7-20(8-6-12)15(21)14-11(2)16-9-22-14/h3-4,9,12H,5-8H2,1-2H3,(H,17,19). The van der Waals surface area contributed by atoms with E-state index in [1.165, 1.54) is 11.3 Å². The third kappa shape index (κ3) is 3.24. The fourth-order valence-corrected chi connectivity index (χ4v) is 3.33. The van der Waals surface area contributed by atoms with Gasteiger partial charge in [-0.05, 0) is 38.8 Å². The van der Waals surface area contributed by atoms with E-state index < -0.39 is 0 Å². The average molecular weight is 317 g/mol. The van der Waals surface area contributed by atoms with Gasteiger partial charge in [-0.2, -0.15) is 5.10 Å². The van der Waals surface area contributed by atoms with Crippen molar-refractivity contribution in [3.8, 4) is 0 Å². The number of anilines is 1. The van der Waals surface area contributed by atoms with Gasteiger partial charge in [0.1, 0.15) is 10.7 Å². The summed E-state index contributed by atoms with van der Waals surface area (Å²) in [5.74, 6) is 0.905. The summed E-state index contributed by atoms with van der Waals surface area (Å²) in [5, 5.41) is 11.6. The molecule has 0 aromatic carbocycles. The van der Waals surface area contributed by atoms with Gasteiger partial charge in [0.25, 0.3) is 5.91 Å². The molecule has 1 aliphatic heterocycles. The first-order valence-corrected chi connectivity index (χ1v) is 8.27. The van der Waals surface area contributed by atoms with Crippen LogP contribution in [-0.2, 0) is 0 Å². The molecule has 1 N–H and O–H groups in total. The third-order valence-corrected chi connectivity index (χ3v) is 4.79. The SMILES string of the molecule is Cc1ccc(NC2CCN(C(=O)c3scnc3C)CC2)nn1. The zero-order valence-corrected chi connectivity index (χ0v) is 13.6. The van der Waals surface area contributed by atoms with Crippen LogP contribution in [0.5, 0.6) is 0 Å². The molecule has 116 valence electrons. The second kappa shape index (κ2) is 6.39. The van der Waals surface area contributed by atoms with Gasteiger partial charge in [-0.1, -0.05) is 0 Å². The number of nitrogens with one attached hydrogen (secondary N) is 1. The van der Waals surface area contributed by atoms with Crippen molar-refractivity contribution in [2.75, 3.05) is 18.4 Å². The molecule has 0 spiro atoms. The van der Waals surface area contributed by atoms with E-state index in [1.54, 1.807) is 5.51 Å². The number of likely N-dealkylation sites (tertiary alicyclic amines) is 1. The molecule has 3 heterocycles. The maximum absolute atomic E-state index is 12.4. The Morgan fingerprint density at radius 1 is 1.27 bits per heavy atom. The monoisotopic (exact) mass is 317 g/mol. The number of amides is 1. The van der Waals surface area contributed by atoms with Gasteiger partial charge in [-0.25, -0.2) is 4.98 Å². The highest BCUT2D eigenvalue weighted by Crippen LogP contribution is 2.20. The van der Waals surface area contributed by atoms with Gasteiger partial charge >= 0.3 is 0 Å². The minimum Gasteiger partial charge on any atom is -0.366 e. The van der Waals surface area contributed by atoms with Gasteiger partial charge in [0.15, 0.2) is 0 Å². The molecule has 0 radical (unpaired) electrons. The Hall–Kier alpha value is -2.02. The van der Waals surface area contributed by atoms with Crippen molar-refractivity contribution in [1.82, 2.24) is 20.1 Å². The van der Waals surface area contributed by atoms with Crippen LogP contribution in [-0.4, -0.2) is 45.1 Å². The van der Waals surface area contributed by atoms with Crippen LogP contribution in [0.25, 0.3) is 0 Å². The summed E-state index contributed by atoms with van der Waals surface area (Å²) in [7, 11) is 0. The molecule has 3 rings (SSSR count). The van der Waals surface area contributed by atoms with Gasteiger partial charge < -0.3 is 10.2 Å². The summed E-state index contributed by atoms with van der Waals surface area (Å²) in [5.41, 5.74) is 3.46. The van der Waals surface area contributed by atoms with E-state index in [-0.39, 0.29) is 5.91 Å². The van der Waals surface area contributed by atoms with E-state index in [0.29, 0.717) is 6.04 Å². The summed E-state index contributed by atoms with van der Waals surface area (Å²) < 4.78 is 0. The van der Waals surface area contributed by atoms with Crippen LogP contribution >= 0.6 is 11.3 Å². The van der Waals surface area contributed by atoms with E-state index in [4.69, 9.17) is 0 Å². The summed E-state index contributed by atoms with van der Waals surface area (Å²) >= 11 is 1.42. The van der Waals surface area contributed by atoms with E-state index in [0.717, 1.165) is 48.0 Å². The predicted molar refractivity (Wildman–Crippen MR) is 86.2 cm³/mol. The van der Waals surface area contributed by atoms with Gasteiger partial charge in [0.05, 0.1) is 16.9 Å². The molecule has 2 aromatic heterocycles. The van der Waals surface area contributed by atoms with Crippen LogP contribution in [0.15, 0.2) is 17.6 Å². The number of rotatable bonds is 3. The highest BCUT2D eigenvalue weighted by molar-refractivity contribution is 7.11. The number of hydrogen-bond donors (Lipinski definition) is 1. The molecule has 1 aliphatic rings. The molecule has 0 bridgehead atoms. The first-order valence-electron chi connectivity index (χ1n) is 7.39. The van der Waals surface area contributed by atoms with E-state index >= 15 is 0 Å². The maximum Gasteiger partial charge on any atom is 0.265 e. The Morgan fingerprint density at radius 3 is 2.64 bits per heavy atom. The quantitative estimate of drug-likeness (QED) is 0.940. The molecule has 0 atom stereocenters. The van der Waals surface area contributed by atoms with Crippen molar-refractivity contribution < 1.29 is 4.79 Å². The van der Waals surface area contributed by atoms with Crippen LogP contribution in [0.2, 0.25) is 0 Å². The topological polar surface area (TPSA) is 71.0 Å². The number of aryl methyl sites for hydroxylation is 2. The number of carbonyl (C=O) groups is 1. The summed E-state index contributed by atoms with van der Waals surface area (Å²) in [6.45, 7) is 5.32. The molecular formula is C15H19N5OS. The summed E-state index contributed by atoms with van der Waals surface area (Å²) in [4.78, 5) is 19.3. The fourth-order valence-electron chi connectivity index (χ4n) is 2.56. The number of aromatic nitrogens is 3. The lowest BCUT2D eigenvalue weighted by Gasteiger charge is -2.32. The van der Waals surface area contributed by atoms with Gasteiger partial charge in [-0.15, -0.1) is 16.4 Å². The Bertz CT molecular complexity index is 646. The number of thiazole rings is 1. The zero-order valence-electron chi connectivity index (χ0n) is 12.7. The van der Waals surface area contributed by atoms with Gasteiger partial charge in [0.2, 0.25) is 0 Å². The van der Waals surface area contributed by atoms with Crippen molar-refractivity contribution in [3.05, 3.63) is 33.9 Å². The maximum atomic E-state index is 12.4. The molecule has 1 amide bonds. The highest BCUT2D eigenvalue weighted by atomic mass is 32.1. The van der Waals surface area contributed by atoms with Crippen molar-refractivity contribution in [2.24, 2.45) is 0 Å². The molecule has 22 heavy (non-hydrogen) atoms. The zero-order chi connectivity index (χ0) is 15.5. The Balaban J connectivity index is 1.55. The first kappa shape index (κ1) is 14.9. The minimum absolute atomic E-state index is 0.105. The normalized spacial score (nSPS) is 15.8. The van der Waals surface area contributed by atoms with Crippen molar-refractivity contribution >= 4 is 23.1 Å². The van der Waals surface area contributed by atoms with Crippen LogP contribution in [0.3, 0.4) is 0 Å². The fraction of sp³-hybridized carbons (Fsp3) is 0.467. The number of piperidine rings is 1. The van der Waals surface area contributed by atoms with E-state index in [2.05, 4.69) is 20.5 Å². The highest BCUT2D eigenvalue weighted by Gasteiger charge is 2.25. The smallest absolute Gasteiger partial charge is 0.265 e. The average Bonchev–Trinajstić information content (AvgIpc) is 2.96. The molecule has 7 heteroatoms. The first-order chi connectivity index (χ1) is 10.6. The van der Waals surface area contributed by atoms with Gasteiger partial charge in [0, 0.05) is 19.1 Å². The molecule has 1 saturated heterocycles. The third-order valence-electron chi connectivity index (χ3n) is 3.87. The summed E-state index contributed by atoms with van der Waals surface area (Å²) in [6.07, 6.45) is 1.83. The number of hydrogen-bond acceptors (Lipinski definition) is 6. The molecular weight excluding hydrogens is 298 g/mol. The largest absolute Gasteiger partial charge is 0.366 e. The lowest BCUT2D eigenvalue weighted by atomic mass is 10.0. The second-order valence-electron chi connectivity index (χ2n) is 5.54. The molecule has 0 aliphatic carbocycles. The van der Waals surface area contributed by atoms with Crippen LogP contribution < -0.4 is 5.32 Å². The van der Waals surface area contributed by atoms with Crippen LogP contribution in [0.4, 0.5) is 5.82 Å². The van der Waals surface area contributed by atoms with E-state index in [9.17, 15) is 4.79 Å². The van der Waals surface area contributed by atoms with Crippen LogP contribution in [0, 0.1) is 13.8 Å². The van der Waals surface area contributed by atoms with Crippen LogP contribution in [0.1, 0.15) is 33.9 Å². The van der Waals surface area contributed by atoms with Gasteiger partial charge in [-0.3, -0.25) is 4.79 Å². The molecule has 2 aromatic rings.